The zero-order valence-corrected chi connectivity index (χ0v) is 10.8. The molecule has 0 saturated heterocycles. The van der Waals surface area contributed by atoms with Crippen molar-refractivity contribution in [2.45, 2.75) is 6.54 Å². The molecule has 2 aromatic carbocycles. The van der Waals surface area contributed by atoms with Gasteiger partial charge in [-0.05, 0) is 5.56 Å². The van der Waals surface area contributed by atoms with Gasteiger partial charge in [-0.25, -0.2) is 4.68 Å². The summed E-state index contributed by atoms with van der Waals surface area (Å²) in [4.78, 5) is 0. The SMILES string of the molecule is N#Cc1nnn(Cc2ccccc2)c1-c1ccccc1. The van der Waals surface area contributed by atoms with Crippen LogP contribution >= 0.6 is 0 Å². The predicted octanol–water partition coefficient (Wildman–Crippen LogP) is 2.87. The summed E-state index contributed by atoms with van der Waals surface area (Å²) in [6, 6.07) is 21.9. The zero-order chi connectivity index (χ0) is 13.8. The number of nitriles is 1. The van der Waals surface area contributed by atoms with Gasteiger partial charge in [0.1, 0.15) is 11.8 Å². The second-order valence-electron chi connectivity index (χ2n) is 4.41. The molecule has 0 aliphatic heterocycles. The summed E-state index contributed by atoms with van der Waals surface area (Å²) in [6.07, 6.45) is 0. The monoisotopic (exact) mass is 260 g/mol. The predicted molar refractivity (Wildman–Crippen MR) is 75.7 cm³/mol. The van der Waals surface area contributed by atoms with E-state index in [1.807, 2.05) is 60.7 Å². The highest BCUT2D eigenvalue weighted by atomic mass is 15.4. The molecule has 0 N–H and O–H groups in total. The average molecular weight is 260 g/mol. The molecule has 4 heteroatoms. The largest absolute Gasteiger partial charge is 0.239 e. The molecule has 0 atom stereocenters. The van der Waals surface area contributed by atoms with Crippen LogP contribution < -0.4 is 0 Å². The number of hydrogen-bond donors (Lipinski definition) is 0. The lowest BCUT2D eigenvalue weighted by Gasteiger charge is -2.06. The van der Waals surface area contributed by atoms with Crippen LogP contribution in [0.5, 0.6) is 0 Å². The van der Waals surface area contributed by atoms with E-state index in [4.69, 9.17) is 0 Å². The number of rotatable bonds is 3. The van der Waals surface area contributed by atoms with Gasteiger partial charge in [-0.1, -0.05) is 65.9 Å². The fourth-order valence-electron chi connectivity index (χ4n) is 2.14. The van der Waals surface area contributed by atoms with E-state index in [1.54, 1.807) is 4.68 Å². The van der Waals surface area contributed by atoms with E-state index in [1.165, 1.54) is 0 Å². The van der Waals surface area contributed by atoms with Crippen LogP contribution in [0, 0.1) is 11.3 Å². The third-order valence-corrected chi connectivity index (χ3v) is 3.06. The summed E-state index contributed by atoms with van der Waals surface area (Å²) in [6.45, 7) is 0.597. The van der Waals surface area contributed by atoms with Gasteiger partial charge in [0.2, 0.25) is 0 Å². The van der Waals surface area contributed by atoms with Crippen LogP contribution in [0.1, 0.15) is 11.3 Å². The zero-order valence-electron chi connectivity index (χ0n) is 10.8. The summed E-state index contributed by atoms with van der Waals surface area (Å²) in [7, 11) is 0. The quantitative estimate of drug-likeness (QED) is 0.727. The van der Waals surface area contributed by atoms with Crippen LogP contribution in [0.4, 0.5) is 0 Å². The van der Waals surface area contributed by atoms with Gasteiger partial charge in [0.05, 0.1) is 6.54 Å². The van der Waals surface area contributed by atoms with E-state index >= 15 is 0 Å². The number of benzene rings is 2. The van der Waals surface area contributed by atoms with Crippen molar-refractivity contribution in [3.8, 4) is 17.3 Å². The molecule has 3 aromatic rings. The number of hydrogen-bond acceptors (Lipinski definition) is 3. The summed E-state index contributed by atoms with van der Waals surface area (Å²) in [5.41, 5.74) is 3.19. The van der Waals surface area contributed by atoms with E-state index in [0.29, 0.717) is 12.2 Å². The van der Waals surface area contributed by atoms with Crippen molar-refractivity contribution in [2.75, 3.05) is 0 Å². The Morgan fingerprint density at radius 3 is 2.25 bits per heavy atom. The highest BCUT2D eigenvalue weighted by Gasteiger charge is 2.14. The van der Waals surface area contributed by atoms with Crippen LogP contribution in [-0.2, 0) is 6.54 Å². The van der Waals surface area contributed by atoms with E-state index < -0.39 is 0 Å². The maximum Gasteiger partial charge on any atom is 0.190 e. The topological polar surface area (TPSA) is 54.5 Å². The van der Waals surface area contributed by atoms with Gasteiger partial charge in [0, 0.05) is 5.56 Å². The Kier molecular flexibility index (Phi) is 3.25. The molecule has 0 aliphatic carbocycles. The van der Waals surface area contributed by atoms with Crippen LogP contribution in [0.2, 0.25) is 0 Å². The Morgan fingerprint density at radius 2 is 1.60 bits per heavy atom. The van der Waals surface area contributed by atoms with Gasteiger partial charge in [0.25, 0.3) is 0 Å². The van der Waals surface area contributed by atoms with Gasteiger partial charge in [-0.3, -0.25) is 0 Å². The van der Waals surface area contributed by atoms with Gasteiger partial charge in [-0.2, -0.15) is 5.26 Å². The molecule has 0 spiro atoms. The minimum Gasteiger partial charge on any atom is -0.239 e. The normalized spacial score (nSPS) is 10.2. The first-order valence-electron chi connectivity index (χ1n) is 6.31. The Bertz CT molecular complexity index is 739. The van der Waals surface area contributed by atoms with E-state index in [-0.39, 0.29) is 0 Å². The first-order valence-corrected chi connectivity index (χ1v) is 6.31. The first kappa shape index (κ1) is 12.1. The van der Waals surface area contributed by atoms with Crippen LogP contribution in [0.25, 0.3) is 11.3 Å². The molecular formula is C16H12N4. The molecule has 0 aliphatic rings. The van der Waals surface area contributed by atoms with Crippen molar-refractivity contribution in [1.29, 1.82) is 5.26 Å². The van der Waals surface area contributed by atoms with Crippen LogP contribution in [-0.4, -0.2) is 15.0 Å². The van der Waals surface area contributed by atoms with Crippen molar-refractivity contribution in [3.63, 3.8) is 0 Å². The highest BCUT2D eigenvalue weighted by molar-refractivity contribution is 5.64. The van der Waals surface area contributed by atoms with Gasteiger partial charge in [-0.15, -0.1) is 5.10 Å². The molecule has 0 unspecified atom stereocenters. The number of nitrogens with zero attached hydrogens (tertiary/aromatic N) is 4. The van der Waals surface area contributed by atoms with Crippen molar-refractivity contribution >= 4 is 0 Å². The minimum absolute atomic E-state index is 0.354. The third-order valence-electron chi connectivity index (χ3n) is 3.06. The van der Waals surface area contributed by atoms with E-state index in [9.17, 15) is 5.26 Å². The highest BCUT2D eigenvalue weighted by Crippen LogP contribution is 2.22. The second-order valence-corrected chi connectivity index (χ2v) is 4.41. The molecular weight excluding hydrogens is 248 g/mol. The smallest absolute Gasteiger partial charge is 0.190 e. The van der Waals surface area contributed by atoms with Crippen molar-refractivity contribution in [3.05, 3.63) is 71.9 Å². The molecule has 0 saturated carbocycles. The third kappa shape index (κ3) is 2.29. The Balaban J connectivity index is 2.05. The second kappa shape index (κ2) is 5.37. The molecule has 0 amide bonds. The molecule has 1 aromatic heterocycles. The Morgan fingerprint density at radius 1 is 0.950 bits per heavy atom. The lowest BCUT2D eigenvalue weighted by atomic mass is 10.1. The molecule has 20 heavy (non-hydrogen) atoms. The molecule has 0 bridgehead atoms. The van der Waals surface area contributed by atoms with Gasteiger partial charge < -0.3 is 0 Å². The van der Waals surface area contributed by atoms with Crippen molar-refractivity contribution in [1.82, 2.24) is 15.0 Å². The maximum atomic E-state index is 9.19. The van der Waals surface area contributed by atoms with E-state index in [2.05, 4.69) is 16.4 Å². The lowest BCUT2D eigenvalue weighted by Crippen LogP contribution is -2.04. The van der Waals surface area contributed by atoms with Crippen LogP contribution in [0.15, 0.2) is 60.7 Å². The summed E-state index contributed by atoms with van der Waals surface area (Å²) in [5.74, 6) is 0. The molecule has 96 valence electrons. The molecule has 1 heterocycles. The van der Waals surface area contributed by atoms with Gasteiger partial charge in [0.15, 0.2) is 5.69 Å². The maximum absolute atomic E-state index is 9.19. The summed E-state index contributed by atoms with van der Waals surface area (Å²) in [5, 5.41) is 17.3. The van der Waals surface area contributed by atoms with E-state index in [0.717, 1.165) is 16.8 Å². The Hall–Kier alpha value is -2.93. The lowest BCUT2D eigenvalue weighted by molar-refractivity contribution is 0.655. The summed E-state index contributed by atoms with van der Waals surface area (Å²) < 4.78 is 1.77. The average Bonchev–Trinajstić information content (AvgIpc) is 2.92. The first-order chi connectivity index (χ1) is 9.88. The fraction of sp³-hybridized carbons (Fsp3) is 0.0625. The van der Waals surface area contributed by atoms with Crippen molar-refractivity contribution < 1.29 is 0 Å². The summed E-state index contributed by atoms with van der Waals surface area (Å²) >= 11 is 0. The minimum atomic E-state index is 0.354. The fourth-order valence-corrected chi connectivity index (χ4v) is 2.14. The van der Waals surface area contributed by atoms with Crippen LogP contribution in [0.3, 0.4) is 0 Å². The molecule has 4 nitrogen and oxygen atoms in total. The molecule has 0 fully saturated rings. The van der Waals surface area contributed by atoms with Crippen molar-refractivity contribution in [2.24, 2.45) is 0 Å². The molecule has 3 rings (SSSR count). The molecule has 0 radical (unpaired) electrons. The van der Waals surface area contributed by atoms with Gasteiger partial charge >= 0.3 is 0 Å². The Labute approximate surface area is 116 Å². The standard InChI is InChI=1S/C16H12N4/c17-11-15-16(14-9-5-2-6-10-14)20(19-18-15)12-13-7-3-1-4-8-13/h1-10H,12H2. The number of aromatic nitrogens is 3.